The fraction of sp³-hybridized carbons (Fsp3) is 0.370. The summed E-state index contributed by atoms with van der Waals surface area (Å²) in [6.07, 6.45) is 8.20. The number of hydrogen-bond donors (Lipinski definition) is 1. The Labute approximate surface area is 203 Å². The van der Waals surface area contributed by atoms with Crippen molar-refractivity contribution in [3.8, 4) is 22.6 Å². The molecule has 1 saturated carbocycles. The summed E-state index contributed by atoms with van der Waals surface area (Å²) in [6, 6.07) is 13.0. The smallest absolute Gasteiger partial charge is 0.231 e. The third kappa shape index (κ3) is 3.97. The second-order valence-corrected chi connectivity index (χ2v) is 10.1. The van der Waals surface area contributed by atoms with Gasteiger partial charge in [-0.1, -0.05) is 12.1 Å². The van der Waals surface area contributed by atoms with Crippen LogP contribution in [-0.2, 0) is 13.6 Å². The van der Waals surface area contributed by atoms with Crippen LogP contribution in [0.2, 0.25) is 0 Å². The number of aryl methyl sites for hydroxylation is 1. The quantitative estimate of drug-likeness (QED) is 0.473. The molecule has 2 aromatic carbocycles. The van der Waals surface area contributed by atoms with Crippen molar-refractivity contribution in [1.82, 2.24) is 24.6 Å². The number of rotatable bonds is 5. The molecule has 0 spiro atoms. The highest BCUT2D eigenvalue weighted by atomic mass is 16.7. The van der Waals surface area contributed by atoms with E-state index in [9.17, 15) is 0 Å². The molecule has 4 heterocycles. The number of aromatic nitrogens is 4. The Bertz CT molecular complexity index is 1370. The Balaban J connectivity index is 0.953. The van der Waals surface area contributed by atoms with Crippen molar-refractivity contribution in [3.05, 3.63) is 60.6 Å². The molecule has 35 heavy (non-hydrogen) atoms. The van der Waals surface area contributed by atoms with Gasteiger partial charge in [0.15, 0.2) is 11.5 Å². The monoisotopic (exact) mass is 468 g/mol. The third-order valence-corrected chi connectivity index (χ3v) is 7.61. The minimum Gasteiger partial charge on any atom is -0.454 e. The fourth-order valence-corrected chi connectivity index (χ4v) is 6.00. The molecule has 2 aromatic heterocycles. The highest BCUT2D eigenvalue weighted by molar-refractivity contribution is 5.83. The number of ether oxygens (including phenoxy) is 2. The van der Waals surface area contributed by atoms with E-state index in [-0.39, 0.29) is 0 Å². The molecule has 3 aliphatic rings. The van der Waals surface area contributed by atoms with Crippen molar-refractivity contribution in [2.45, 2.75) is 25.4 Å². The first kappa shape index (κ1) is 20.7. The summed E-state index contributed by atoms with van der Waals surface area (Å²) in [6.45, 7) is 3.59. The summed E-state index contributed by atoms with van der Waals surface area (Å²) in [5, 5.41) is 9.16. The Morgan fingerprint density at radius 2 is 1.74 bits per heavy atom. The van der Waals surface area contributed by atoms with Gasteiger partial charge in [0.2, 0.25) is 12.7 Å². The third-order valence-electron chi connectivity index (χ3n) is 7.61. The Morgan fingerprint density at radius 3 is 2.57 bits per heavy atom. The van der Waals surface area contributed by atoms with Gasteiger partial charge in [-0.2, -0.15) is 5.10 Å². The van der Waals surface area contributed by atoms with E-state index in [1.54, 1.807) is 0 Å². The molecule has 3 atom stereocenters. The minimum atomic E-state index is 0.328. The minimum absolute atomic E-state index is 0.328. The summed E-state index contributed by atoms with van der Waals surface area (Å²) in [4.78, 5) is 11.8. The molecular formula is C27H28N6O2. The lowest BCUT2D eigenvalue weighted by Gasteiger charge is -2.20. The van der Waals surface area contributed by atoms with E-state index in [4.69, 9.17) is 9.47 Å². The topological polar surface area (TPSA) is 77.3 Å². The maximum Gasteiger partial charge on any atom is 0.231 e. The molecule has 8 nitrogen and oxygen atoms in total. The van der Waals surface area contributed by atoms with Gasteiger partial charge in [-0.05, 0) is 60.1 Å². The number of nitrogens with one attached hydrogen (secondary N) is 1. The normalized spacial score (nSPS) is 23.2. The van der Waals surface area contributed by atoms with Crippen LogP contribution in [0.3, 0.4) is 0 Å². The van der Waals surface area contributed by atoms with Crippen LogP contribution >= 0.6 is 0 Å². The van der Waals surface area contributed by atoms with E-state index in [0.29, 0.717) is 12.8 Å². The van der Waals surface area contributed by atoms with Crippen LogP contribution in [-0.4, -0.2) is 50.6 Å². The first-order valence-corrected chi connectivity index (χ1v) is 12.3. The van der Waals surface area contributed by atoms with Crippen molar-refractivity contribution in [2.24, 2.45) is 18.9 Å². The van der Waals surface area contributed by atoms with E-state index in [1.807, 2.05) is 42.5 Å². The number of nitrogens with zero attached hydrogens (tertiary/aromatic N) is 5. The molecule has 1 saturated heterocycles. The molecule has 1 aliphatic carbocycles. The average Bonchev–Trinajstić information content (AvgIpc) is 3.61. The van der Waals surface area contributed by atoms with Crippen molar-refractivity contribution >= 4 is 16.9 Å². The van der Waals surface area contributed by atoms with Crippen molar-refractivity contribution in [3.63, 3.8) is 0 Å². The SMILES string of the molecule is Cn1cc2cc(-c3cnc(NC4C[C@@H]5CN(Cc6ccc7c(c6)OCO7)C[C@@H]5C4)nc3)ccc2n1. The molecule has 1 N–H and O–H groups in total. The van der Waals surface area contributed by atoms with Gasteiger partial charge in [0.25, 0.3) is 0 Å². The van der Waals surface area contributed by atoms with Gasteiger partial charge in [0.05, 0.1) is 5.52 Å². The first-order valence-electron chi connectivity index (χ1n) is 12.3. The molecule has 7 rings (SSSR count). The largest absolute Gasteiger partial charge is 0.454 e. The summed E-state index contributed by atoms with van der Waals surface area (Å²) in [7, 11) is 1.94. The van der Waals surface area contributed by atoms with Gasteiger partial charge < -0.3 is 14.8 Å². The zero-order chi connectivity index (χ0) is 23.4. The maximum absolute atomic E-state index is 5.53. The molecule has 0 bridgehead atoms. The molecule has 1 unspecified atom stereocenters. The molecule has 178 valence electrons. The van der Waals surface area contributed by atoms with Crippen LogP contribution in [0.1, 0.15) is 18.4 Å². The van der Waals surface area contributed by atoms with Crippen LogP contribution < -0.4 is 14.8 Å². The number of hydrogen-bond acceptors (Lipinski definition) is 7. The van der Waals surface area contributed by atoms with Gasteiger partial charge in [-0.3, -0.25) is 9.58 Å². The van der Waals surface area contributed by atoms with E-state index < -0.39 is 0 Å². The Morgan fingerprint density at radius 1 is 0.943 bits per heavy atom. The van der Waals surface area contributed by atoms with Gasteiger partial charge in [-0.25, -0.2) is 9.97 Å². The van der Waals surface area contributed by atoms with E-state index in [0.717, 1.165) is 70.9 Å². The van der Waals surface area contributed by atoms with E-state index in [1.165, 1.54) is 18.4 Å². The molecule has 8 heteroatoms. The molecule has 2 aliphatic heterocycles. The predicted molar refractivity (Wildman–Crippen MR) is 133 cm³/mol. The summed E-state index contributed by atoms with van der Waals surface area (Å²) in [5.41, 5.74) is 4.41. The Hall–Kier alpha value is -3.65. The van der Waals surface area contributed by atoms with E-state index >= 15 is 0 Å². The van der Waals surface area contributed by atoms with Crippen molar-refractivity contribution in [2.75, 3.05) is 25.2 Å². The van der Waals surface area contributed by atoms with Crippen LogP contribution in [0.5, 0.6) is 11.5 Å². The number of likely N-dealkylation sites (tertiary alicyclic amines) is 1. The van der Waals surface area contributed by atoms with Crippen LogP contribution in [0, 0.1) is 11.8 Å². The van der Waals surface area contributed by atoms with Crippen molar-refractivity contribution in [1.29, 1.82) is 0 Å². The van der Waals surface area contributed by atoms with Gasteiger partial charge >= 0.3 is 0 Å². The van der Waals surface area contributed by atoms with Gasteiger partial charge in [-0.15, -0.1) is 0 Å². The Kier molecular flexibility index (Phi) is 4.87. The van der Waals surface area contributed by atoms with E-state index in [2.05, 4.69) is 49.5 Å². The van der Waals surface area contributed by atoms with Gasteiger partial charge in [0.1, 0.15) is 0 Å². The van der Waals surface area contributed by atoms with Gasteiger partial charge in [0, 0.05) is 62.3 Å². The average molecular weight is 469 g/mol. The molecule has 0 amide bonds. The lowest BCUT2D eigenvalue weighted by molar-refractivity contribution is 0.174. The predicted octanol–water partition coefficient (Wildman–Crippen LogP) is 4.08. The number of benzene rings is 2. The standard InChI is InChI=1S/C27H28N6O2/c1-32-13-21-7-18(3-4-24(21)31-32)22-10-28-27(29-11-22)30-23-8-19-14-33(15-20(19)9-23)12-17-2-5-25-26(6-17)35-16-34-25/h2-7,10-11,13,19-20,23H,8-9,12,14-16H2,1H3,(H,28,29,30)/t19-,20+,23?. The van der Waals surface area contributed by atoms with Crippen LogP contribution in [0.15, 0.2) is 55.0 Å². The summed E-state index contributed by atoms with van der Waals surface area (Å²) < 4.78 is 12.8. The lowest BCUT2D eigenvalue weighted by Crippen LogP contribution is -2.25. The molecular weight excluding hydrogens is 440 g/mol. The highest BCUT2D eigenvalue weighted by Crippen LogP contribution is 2.40. The second kappa shape index (κ2) is 8.23. The molecule has 4 aromatic rings. The van der Waals surface area contributed by atoms with Crippen LogP contribution in [0.25, 0.3) is 22.0 Å². The first-order chi connectivity index (χ1) is 17.2. The summed E-state index contributed by atoms with van der Waals surface area (Å²) in [5.74, 6) is 3.90. The maximum atomic E-state index is 5.53. The lowest BCUT2D eigenvalue weighted by atomic mass is 10.0. The van der Waals surface area contributed by atoms with Crippen molar-refractivity contribution < 1.29 is 9.47 Å². The molecule has 2 fully saturated rings. The number of fused-ring (bicyclic) bond motifs is 3. The zero-order valence-electron chi connectivity index (χ0n) is 19.7. The number of anilines is 1. The van der Waals surface area contributed by atoms with Crippen LogP contribution in [0.4, 0.5) is 5.95 Å². The highest BCUT2D eigenvalue weighted by Gasteiger charge is 2.41. The zero-order valence-corrected chi connectivity index (χ0v) is 19.7. The summed E-state index contributed by atoms with van der Waals surface area (Å²) >= 11 is 0. The fourth-order valence-electron chi connectivity index (χ4n) is 6.00. The molecule has 0 radical (unpaired) electrons. The second-order valence-electron chi connectivity index (χ2n) is 10.1.